The lowest BCUT2D eigenvalue weighted by Gasteiger charge is -2.33. The van der Waals surface area contributed by atoms with E-state index in [2.05, 4.69) is 12.1 Å². The van der Waals surface area contributed by atoms with Crippen LogP contribution in [0, 0.1) is 22.7 Å². The molecule has 0 aliphatic carbocycles. The molecular weight excluding hydrogens is 242 g/mol. The fraction of sp³-hybridized carbons (Fsp3) is 0.429. The summed E-state index contributed by atoms with van der Waals surface area (Å²) in [6.45, 7) is 3.25. The third-order valence-corrected chi connectivity index (χ3v) is 3.16. The number of aliphatic hydroxyl groups is 1. The van der Waals surface area contributed by atoms with Gasteiger partial charge in [0.05, 0.1) is 37.0 Å². The van der Waals surface area contributed by atoms with Gasteiger partial charge in [0.2, 0.25) is 0 Å². The van der Waals surface area contributed by atoms with Crippen molar-refractivity contribution in [2.45, 2.75) is 19.1 Å². The van der Waals surface area contributed by atoms with Crippen molar-refractivity contribution in [3.8, 4) is 12.1 Å². The molecular formula is C14H15N3O2. The number of anilines is 1. The minimum absolute atomic E-state index is 0.450. The molecule has 2 atom stereocenters. The van der Waals surface area contributed by atoms with Gasteiger partial charge in [0.25, 0.3) is 0 Å². The van der Waals surface area contributed by atoms with E-state index in [0.717, 1.165) is 11.3 Å². The predicted molar refractivity (Wildman–Crippen MR) is 69.4 cm³/mol. The molecule has 0 aromatic heterocycles. The van der Waals surface area contributed by atoms with Crippen LogP contribution < -0.4 is 4.90 Å². The molecule has 0 saturated carbocycles. The van der Waals surface area contributed by atoms with Crippen molar-refractivity contribution in [1.29, 1.82) is 10.5 Å². The van der Waals surface area contributed by atoms with Crippen LogP contribution in [0.4, 0.5) is 5.69 Å². The Morgan fingerprint density at radius 2 is 2.26 bits per heavy atom. The fourth-order valence-corrected chi connectivity index (χ4v) is 2.19. The van der Waals surface area contributed by atoms with Gasteiger partial charge < -0.3 is 14.7 Å². The van der Waals surface area contributed by atoms with Crippen molar-refractivity contribution in [1.82, 2.24) is 0 Å². The zero-order valence-corrected chi connectivity index (χ0v) is 10.7. The van der Waals surface area contributed by atoms with E-state index >= 15 is 0 Å². The lowest BCUT2D eigenvalue weighted by atomic mass is 10.0. The number of benzene rings is 1. The second-order valence-corrected chi connectivity index (χ2v) is 4.50. The molecule has 1 aromatic carbocycles. The molecule has 1 aliphatic rings. The van der Waals surface area contributed by atoms with Crippen molar-refractivity contribution in [3.05, 3.63) is 29.3 Å². The van der Waals surface area contributed by atoms with Crippen LogP contribution in [0.25, 0.3) is 0 Å². The molecule has 2 rings (SSSR count). The Morgan fingerprint density at radius 1 is 1.47 bits per heavy atom. The van der Waals surface area contributed by atoms with Crippen molar-refractivity contribution >= 4 is 5.69 Å². The van der Waals surface area contributed by atoms with Gasteiger partial charge in [-0.05, 0) is 19.1 Å². The van der Waals surface area contributed by atoms with Crippen LogP contribution in [-0.2, 0) is 4.74 Å². The number of ether oxygens (including phenoxy) is 1. The first-order chi connectivity index (χ1) is 9.15. The van der Waals surface area contributed by atoms with Gasteiger partial charge in [-0.3, -0.25) is 0 Å². The highest BCUT2D eigenvalue weighted by molar-refractivity contribution is 5.59. The number of rotatable bonds is 2. The molecule has 5 heteroatoms. The van der Waals surface area contributed by atoms with Crippen molar-refractivity contribution in [2.75, 3.05) is 24.6 Å². The van der Waals surface area contributed by atoms with E-state index in [1.54, 1.807) is 25.1 Å². The van der Waals surface area contributed by atoms with E-state index in [4.69, 9.17) is 15.3 Å². The summed E-state index contributed by atoms with van der Waals surface area (Å²) in [5.74, 6) is 0. The summed E-state index contributed by atoms with van der Waals surface area (Å²) in [4.78, 5) is 1.99. The molecule has 98 valence electrons. The summed E-state index contributed by atoms with van der Waals surface area (Å²) >= 11 is 0. The van der Waals surface area contributed by atoms with Crippen LogP contribution in [0.1, 0.15) is 24.2 Å². The van der Waals surface area contributed by atoms with Gasteiger partial charge in [0, 0.05) is 17.8 Å². The van der Waals surface area contributed by atoms with Gasteiger partial charge >= 0.3 is 0 Å². The molecule has 1 N–H and O–H groups in total. The van der Waals surface area contributed by atoms with Crippen molar-refractivity contribution < 1.29 is 9.84 Å². The molecule has 0 radical (unpaired) electrons. The van der Waals surface area contributed by atoms with E-state index in [1.807, 2.05) is 4.90 Å². The fourth-order valence-electron chi connectivity index (χ4n) is 2.19. The monoisotopic (exact) mass is 257 g/mol. The van der Waals surface area contributed by atoms with Gasteiger partial charge in [0.15, 0.2) is 6.10 Å². The second kappa shape index (κ2) is 5.71. The maximum absolute atomic E-state index is 9.82. The summed E-state index contributed by atoms with van der Waals surface area (Å²) in [6.07, 6.45) is -1.09. The van der Waals surface area contributed by atoms with Crippen LogP contribution in [0.15, 0.2) is 18.2 Å². The smallest absolute Gasteiger partial charge is 0.161 e. The highest BCUT2D eigenvalue weighted by Crippen LogP contribution is 2.29. The maximum atomic E-state index is 9.82. The Labute approximate surface area is 112 Å². The van der Waals surface area contributed by atoms with Crippen molar-refractivity contribution in [2.24, 2.45) is 0 Å². The summed E-state index contributed by atoms with van der Waals surface area (Å²) in [7, 11) is 0. The Hall–Kier alpha value is -2.08. The summed E-state index contributed by atoms with van der Waals surface area (Å²) in [5.41, 5.74) is 2.11. The number of hydrogen-bond donors (Lipinski definition) is 1. The molecule has 1 heterocycles. The third kappa shape index (κ3) is 2.85. The van der Waals surface area contributed by atoms with Crippen molar-refractivity contribution in [3.63, 3.8) is 0 Å². The second-order valence-electron chi connectivity index (χ2n) is 4.50. The molecule has 1 saturated heterocycles. The Morgan fingerprint density at radius 3 is 2.89 bits per heavy atom. The number of nitrogens with zero attached hydrogens (tertiary/aromatic N) is 3. The van der Waals surface area contributed by atoms with Crippen LogP contribution in [-0.4, -0.2) is 30.9 Å². The molecule has 19 heavy (non-hydrogen) atoms. The molecule has 0 bridgehead atoms. The topological polar surface area (TPSA) is 80.3 Å². The minimum atomic E-state index is -0.619. The van der Waals surface area contributed by atoms with Gasteiger partial charge in [0.1, 0.15) is 0 Å². The van der Waals surface area contributed by atoms with E-state index in [0.29, 0.717) is 25.3 Å². The summed E-state index contributed by atoms with van der Waals surface area (Å²) in [5, 5.41) is 27.7. The molecule has 1 fully saturated rings. The van der Waals surface area contributed by atoms with E-state index in [-0.39, 0.29) is 0 Å². The van der Waals surface area contributed by atoms with E-state index in [9.17, 15) is 5.11 Å². The normalized spacial score (nSPS) is 20.4. The SMILES string of the molecule is C[C@@H](O)c1ccc(C#N)cc1N1CCOC(C#N)C1. The minimum Gasteiger partial charge on any atom is -0.389 e. The molecule has 0 spiro atoms. The Bertz CT molecular complexity index is 543. The lowest BCUT2D eigenvalue weighted by Crippen LogP contribution is -2.42. The molecule has 5 nitrogen and oxygen atoms in total. The van der Waals surface area contributed by atoms with Crippen LogP contribution >= 0.6 is 0 Å². The maximum Gasteiger partial charge on any atom is 0.161 e. The zero-order valence-electron chi connectivity index (χ0n) is 10.7. The number of morpholine rings is 1. The highest BCUT2D eigenvalue weighted by Gasteiger charge is 2.23. The molecule has 0 amide bonds. The average Bonchev–Trinajstić information content (AvgIpc) is 2.46. The van der Waals surface area contributed by atoms with Gasteiger partial charge in [-0.15, -0.1) is 0 Å². The Balaban J connectivity index is 2.36. The first-order valence-electron chi connectivity index (χ1n) is 6.14. The lowest BCUT2D eigenvalue weighted by molar-refractivity contribution is 0.0761. The van der Waals surface area contributed by atoms with Crippen LogP contribution in [0.3, 0.4) is 0 Å². The highest BCUT2D eigenvalue weighted by atomic mass is 16.5. The largest absolute Gasteiger partial charge is 0.389 e. The van der Waals surface area contributed by atoms with Gasteiger partial charge in [-0.25, -0.2) is 0 Å². The van der Waals surface area contributed by atoms with E-state index < -0.39 is 12.2 Å². The summed E-state index contributed by atoms with van der Waals surface area (Å²) in [6, 6.07) is 9.38. The predicted octanol–water partition coefficient (Wildman–Crippen LogP) is 1.34. The summed E-state index contributed by atoms with van der Waals surface area (Å²) < 4.78 is 5.31. The number of hydrogen-bond acceptors (Lipinski definition) is 5. The molecule has 1 unspecified atom stereocenters. The Kier molecular flexibility index (Phi) is 4.01. The first-order valence-corrected chi connectivity index (χ1v) is 6.14. The first kappa shape index (κ1) is 13.4. The molecule has 1 aromatic rings. The van der Waals surface area contributed by atoms with Crippen LogP contribution in [0.5, 0.6) is 0 Å². The van der Waals surface area contributed by atoms with Crippen LogP contribution in [0.2, 0.25) is 0 Å². The van der Waals surface area contributed by atoms with Gasteiger partial charge in [-0.2, -0.15) is 10.5 Å². The third-order valence-electron chi connectivity index (χ3n) is 3.16. The quantitative estimate of drug-likeness (QED) is 0.864. The van der Waals surface area contributed by atoms with Gasteiger partial charge in [-0.1, -0.05) is 6.07 Å². The zero-order chi connectivity index (χ0) is 13.8. The van der Waals surface area contributed by atoms with E-state index in [1.165, 1.54) is 0 Å². The standard InChI is InChI=1S/C14H15N3O2/c1-10(18)13-3-2-11(7-15)6-14(13)17-4-5-19-12(8-16)9-17/h2-3,6,10,12,18H,4-5,9H2,1H3/t10-,12?/m1/s1. The average molecular weight is 257 g/mol. The number of nitriles is 2. The molecule has 1 aliphatic heterocycles. The number of aliphatic hydroxyl groups excluding tert-OH is 1.